The van der Waals surface area contributed by atoms with Gasteiger partial charge in [0.05, 0.1) is 14.2 Å². The van der Waals surface area contributed by atoms with Gasteiger partial charge in [0.1, 0.15) is 11.5 Å². The Balaban J connectivity index is 1.39. The van der Waals surface area contributed by atoms with E-state index in [1.54, 1.807) is 32.4 Å². The van der Waals surface area contributed by atoms with Crippen LogP contribution in [0.15, 0.2) is 18.2 Å². The SMILES string of the molecule is COc1cc(OC)cc(C(=O)N2CCN(C3CC4CCC3C4)CC2)c1. The molecule has 5 heteroatoms. The average molecular weight is 344 g/mol. The minimum absolute atomic E-state index is 0.0739. The summed E-state index contributed by atoms with van der Waals surface area (Å²) >= 11 is 0. The summed E-state index contributed by atoms with van der Waals surface area (Å²) < 4.78 is 10.6. The van der Waals surface area contributed by atoms with E-state index in [0.29, 0.717) is 17.1 Å². The highest BCUT2D eigenvalue weighted by Gasteiger charge is 2.42. The van der Waals surface area contributed by atoms with Gasteiger partial charge in [-0.2, -0.15) is 0 Å². The maximum Gasteiger partial charge on any atom is 0.254 e. The number of hydrogen-bond donors (Lipinski definition) is 0. The van der Waals surface area contributed by atoms with Crippen molar-refractivity contribution < 1.29 is 14.3 Å². The first-order chi connectivity index (χ1) is 12.2. The molecule has 3 atom stereocenters. The van der Waals surface area contributed by atoms with Gasteiger partial charge in [-0.25, -0.2) is 0 Å². The number of rotatable bonds is 4. The Morgan fingerprint density at radius 3 is 2.16 bits per heavy atom. The predicted octanol–water partition coefficient (Wildman–Crippen LogP) is 2.65. The van der Waals surface area contributed by atoms with Crippen molar-refractivity contribution in [3.05, 3.63) is 23.8 Å². The van der Waals surface area contributed by atoms with E-state index in [9.17, 15) is 4.79 Å². The fraction of sp³-hybridized carbons (Fsp3) is 0.650. The maximum atomic E-state index is 12.9. The third-order valence-electron chi connectivity index (χ3n) is 6.37. The van der Waals surface area contributed by atoms with Gasteiger partial charge >= 0.3 is 0 Å². The molecule has 5 nitrogen and oxygen atoms in total. The third kappa shape index (κ3) is 3.22. The van der Waals surface area contributed by atoms with Crippen molar-refractivity contribution in [3.63, 3.8) is 0 Å². The van der Waals surface area contributed by atoms with E-state index in [4.69, 9.17) is 9.47 Å². The lowest BCUT2D eigenvalue weighted by Crippen LogP contribution is -2.53. The smallest absolute Gasteiger partial charge is 0.254 e. The Morgan fingerprint density at radius 1 is 0.960 bits per heavy atom. The minimum atomic E-state index is 0.0739. The number of methoxy groups -OCH3 is 2. The molecule has 3 unspecified atom stereocenters. The molecule has 0 N–H and O–H groups in total. The second-order valence-corrected chi connectivity index (χ2v) is 7.67. The Labute approximate surface area is 149 Å². The highest BCUT2D eigenvalue weighted by atomic mass is 16.5. The van der Waals surface area contributed by atoms with Crippen molar-refractivity contribution in [3.8, 4) is 11.5 Å². The Morgan fingerprint density at radius 2 is 1.64 bits per heavy atom. The summed E-state index contributed by atoms with van der Waals surface area (Å²) in [5.74, 6) is 3.27. The fourth-order valence-corrected chi connectivity index (χ4v) is 5.03. The average Bonchev–Trinajstić information content (AvgIpc) is 3.30. The number of hydrogen-bond acceptors (Lipinski definition) is 4. The fourth-order valence-electron chi connectivity index (χ4n) is 5.03. The zero-order valence-electron chi connectivity index (χ0n) is 15.2. The summed E-state index contributed by atoms with van der Waals surface area (Å²) in [5.41, 5.74) is 0.643. The topological polar surface area (TPSA) is 42.0 Å². The molecule has 3 fully saturated rings. The van der Waals surface area contributed by atoms with Crippen LogP contribution in [0.4, 0.5) is 0 Å². The Bertz CT molecular complexity index is 618. The number of ether oxygens (including phenoxy) is 2. The summed E-state index contributed by atoms with van der Waals surface area (Å²) in [4.78, 5) is 17.5. The van der Waals surface area contributed by atoms with E-state index in [-0.39, 0.29) is 5.91 Å². The second-order valence-electron chi connectivity index (χ2n) is 7.67. The van der Waals surface area contributed by atoms with Gasteiger partial charge in [-0.3, -0.25) is 9.69 Å². The van der Waals surface area contributed by atoms with Gasteiger partial charge < -0.3 is 14.4 Å². The molecule has 1 heterocycles. The number of carbonyl (C=O) groups is 1. The zero-order chi connectivity index (χ0) is 17.4. The van der Waals surface area contributed by atoms with E-state index in [1.165, 1.54) is 25.7 Å². The third-order valence-corrected chi connectivity index (χ3v) is 6.37. The van der Waals surface area contributed by atoms with E-state index in [2.05, 4.69) is 4.90 Å². The van der Waals surface area contributed by atoms with Crippen molar-refractivity contribution in [1.29, 1.82) is 0 Å². The van der Waals surface area contributed by atoms with Gasteiger partial charge in [0.25, 0.3) is 5.91 Å². The summed E-state index contributed by atoms with van der Waals surface area (Å²) in [6.07, 6.45) is 5.68. The van der Waals surface area contributed by atoms with Crippen LogP contribution in [-0.4, -0.2) is 62.1 Å². The molecule has 136 valence electrons. The molecule has 2 aliphatic carbocycles. The van der Waals surface area contributed by atoms with E-state index < -0.39 is 0 Å². The highest BCUT2D eigenvalue weighted by Crippen LogP contribution is 2.46. The van der Waals surface area contributed by atoms with Crippen molar-refractivity contribution in [2.75, 3.05) is 40.4 Å². The van der Waals surface area contributed by atoms with Crippen LogP contribution in [0.2, 0.25) is 0 Å². The molecule has 0 aromatic heterocycles. The molecular weight excluding hydrogens is 316 g/mol. The van der Waals surface area contributed by atoms with E-state index >= 15 is 0 Å². The van der Waals surface area contributed by atoms with Crippen LogP contribution in [0, 0.1) is 11.8 Å². The molecule has 0 spiro atoms. The van der Waals surface area contributed by atoms with E-state index in [1.807, 2.05) is 4.90 Å². The van der Waals surface area contributed by atoms with Crippen LogP contribution in [0.3, 0.4) is 0 Å². The van der Waals surface area contributed by atoms with Crippen LogP contribution >= 0.6 is 0 Å². The van der Waals surface area contributed by atoms with Gasteiger partial charge in [0.15, 0.2) is 0 Å². The molecule has 1 aromatic carbocycles. The summed E-state index contributed by atoms with van der Waals surface area (Å²) in [6.45, 7) is 3.62. The molecule has 4 rings (SSSR count). The number of nitrogens with zero attached hydrogens (tertiary/aromatic N) is 2. The molecule has 25 heavy (non-hydrogen) atoms. The van der Waals surface area contributed by atoms with E-state index in [0.717, 1.165) is 44.1 Å². The van der Waals surface area contributed by atoms with Crippen LogP contribution in [0.5, 0.6) is 11.5 Å². The van der Waals surface area contributed by atoms with Crippen molar-refractivity contribution in [1.82, 2.24) is 9.80 Å². The first kappa shape index (κ1) is 16.7. The number of carbonyl (C=O) groups excluding carboxylic acids is 1. The second kappa shape index (κ2) is 6.87. The molecule has 1 aliphatic heterocycles. The van der Waals surface area contributed by atoms with Crippen LogP contribution in [0.1, 0.15) is 36.0 Å². The van der Waals surface area contributed by atoms with Gasteiger partial charge in [0.2, 0.25) is 0 Å². The number of amides is 1. The van der Waals surface area contributed by atoms with Gasteiger partial charge in [-0.1, -0.05) is 6.42 Å². The van der Waals surface area contributed by atoms with Crippen molar-refractivity contribution in [2.24, 2.45) is 11.8 Å². The standard InChI is InChI=1S/C20H28N2O3/c1-24-17-11-16(12-18(13-17)25-2)20(23)22-7-5-21(6-8-22)19-10-14-3-4-15(19)9-14/h11-15,19H,3-10H2,1-2H3. The van der Waals surface area contributed by atoms with Crippen molar-refractivity contribution >= 4 is 5.91 Å². The summed E-state index contributed by atoms with van der Waals surface area (Å²) in [6, 6.07) is 6.16. The molecule has 2 bridgehead atoms. The lowest BCUT2D eigenvalue weighted by molar-refractivity contribution is 0.0495. The minimum Gasteiger partial charge on any atom is -0.497 e. The van der Waals surface area contributed by atoms with Crippen LogP contribution in [0.25, 0.3) is 0 Å². The Hall–Kier alpha value is -1.75. The van der Waals surface area contributed by atoms with Gasteiger partial charge in [0, 0.05) is 43.9 Å². The Kier molecular flexibility index (Phi) is 4.59. The summed E-state index contributed by atoms with van der Waals surface area (Å²) in [7, 11) is 3.22. The number of benzene rings is 1. The number of fused-ring (bicyclic) bond motifs is 2. The molecule has 0 radical (unpaired) electrons. The largest absolute Gasteiger partial charge is 0.497 e. The monoisotopic (exact) mass is 344 g/mol. The predicted molar refractivity (Wildman–Crippen MR) is 96.3 cm³/mol. The first-order valence-corrected chi connectivity index (χ1v) is 9.44. The normalized spacial score (nSPS) is 29.0. The summed E-state index contributed by atoms with van der Waals surface area (Å²) in [5, 5.41) is 0. The lowest BCUT2D eigenvalue weighted by atomic mass is 9.93. The lowest BCUT2D eigenvalue weighted by Gasteiger charge is -2.41. The first-order valence-electron chi connectivity index (χ1n) is 9.44. The molecular formula is C20H28N2O3. The number of piperazine rings is 1. The molecule has 2 saturated carbocycles. The van der Waals surface area contributed by atoms with Gasteiger partial charge in [-0.05, 0) is 43.2 Å². The quantitative estimate of drug-likeness (QED) is 0.842. The highest BCUT2D eigenvalue weighted by molar-refractivity contribution is 5.95. The molecule has 1 saturated heterocycles. The molecule has 3 aliphatic rings. The molecule has 1 aromatic rings. The molecule has 1 amide bonds. The van der Waals surface area contributed by atoms with Crippen LogP contribution < -0.4 is 9.47 Å². The van der Waals surface area contributed by atoms with Crippen molar-refractivity contribution in [2.45, 2.75) is 31.7 Å². The van der Waals surface area contributed by atoms with Gasteiger partial charge in [-0.15, -0.1) is 0 Å². The van der Waals surface area contributed by atoms with Crippen LogP contribution in [-0.2, 0) is 0 Å². The zero-order valence-corrected chi connectivity index (χ0v) is 15.2. The maximum absolute atomic E-state index is 12.9.